The maximum atomic E-state index is 6.34. The SMILES string of the molecule is CCCNC(Cc1ccc(Br)cc1Cl)c1sccc1Br. The first-order valence-electron chi connectivity index (χ1n) is 6.52. The largest absolute Gasteiger partial charge is 0.309 e. The van der Waals surface area contributed by atoms with E-state index in [0.29, 0.717) is 6.04 Å². The second kappa shape index (κ2) is 7.95. The molecule has 0 aliphatic carbocycles. The summed E-state index contributed by atoms with van der Waals surface area (Å²) in [5.74, 6) is 0. The Balaban J connectivity index is 2.21. The van der Waals surface area contributed by atoms with E-state index in [2.05, 4.69) is 61.6 Å². The number of benzene rings is 1. The van der Waals surface area contributed by atoms with E-state index < -0.39 is 0 Å². The van der Waals surface area contributed by atoms with Gasteiger partial charge in [0.25, 0.3) is 0 Å². The van der Waals surface area contributed by atoms with Gasteiger partial charge in [-0.3, -0.25) is 0 Å². The number of nitrogens with one attached hydrogen (secondary N) is 1. The molecule has 0 aliphatic rings. The van der Waals surface area contributed by atoms with Crippen molar-refractivity contribution in [3.63, 3.8) is 0 Å². The van der Waals surface area contributed by atoms with Crippen LogP contribution in [0.5, 0.6) is 0 Å². The van der Waals surface area contributed by atoms with Crippen LogP contribution in [0.3, 0.4) is 0 Å². The lowest BCUT2D eigenvalue weighted by Crippen LogP contribution is -2.23. The Labute approximate surface area is 146 Å². The normalized spacial score (nSPS) is 12.6. The molecule has 2 rings (SSSR count). The third-order valence-electron chi connectivity index (χ3n) is 3.04. The minimum atomic E-state index is 0.294. The summed E-state index contributed by atoms with van der Waals surface area (Å²) in [6.45, 7) is 3.18. The van der Waals surface area contributed by atoms with Crippen LogP contribution in [-0.2, 0) is 6.42 Å². The highest BCUT2D eigenvalue weighted by Crippen LogP contribution is 2.33. The van der Waals surface area contributed by atoms with Crippen molar-refractivity contribution >= 4 is 54.8 Å². The monoisotopic (exact) mass is 435 g/mol. The van der Waals surface area contributed by atoms with Crippen molar-refractivity contribution in [3.05, 3.63) is 54.1 Å². The Hall–Kier alpha value is 0.130. The fourth-order valence-corrected chi connectivity index (χ4v) is 4.51. The lowest BCUT2D eigenvalue weighted by atomic mass is 10.0. The van der Waals surface area contributed by atoms with Crippen molar-refractivity contribution < 1.29 is 0 Å². The Bertz CT molecular complexity index is 571. The first kappa shape index (κ1) is 16.5. The Morgan fingerprint density at radius 1 is 1.30 bits per heavy atom. The van der Waals surface area contributed by atoms with Gasteiger partial charge in [0.15, 0.2) is 0 Å². The molecule has 0 amide bonds. The summed E-state index contributed by atoms with van der Waals surface area (Å²) in [5, 5.41) is 6.54. The summed E-state index contributed by atoms with van der Waals surface area (Å²) in [6, 6.07) is 8.49. The topological polar surface area (TPSA) is 12.0 Å². The highest BCUT2D eigenvalue weighted by molar-refractivity contribution is 9.10. The van der Waals surface area contributed by atoms with Gasteiger partial charge in [-0.15, -0.1) is 11.3 Å². The van der Waals surface area contributed by atoms with Crippen molar-refractivity contribution in [1.29, 1.82) is 0 Å². The zero-order valence-corrected chi connectivity index (χ0v) is 15.9. The average Bonchev–Trinajstić information content (AvgIpc) is 2.83. The van der Waals surface area contributed by atoms with Gasteiger partial charge in [-0.05, 0) is 64.5 Å². The summed E-state index contributed by atoms with van der Waals surface area (Å²) >= 11 is 15.2. The van der Waals surface area contributed by atoms with Gasteiger partial charge < -0.3 is 5.32 Å². The second-order valence-electron chi connectivity index (χ2n) is 4.58. The standard InChI is InChI=1S/C15H16Br2ClNS/c1-2-6-19-14(15-12(17)5-7-20-15)8-10-3-4-11(16)9-13(10)18/h3-5,7,9,14,19H,2,6,8H2,1H3. The number of halogens is 3. The first-order chi connectivity index (χ1) is 9.61. The predicted molar refractivity (Wildman–Crippen MR) is 95.9 cm³/mol. The molecule has 1 aromatic carbocycles. The van der Waals surface area contributed by atoms with Crippen molar-refractivity contribution in [2.24, 2.45) is 0 Å². The highest BCUT2D eigenvalue weighted by atomic mass is 79.9. The third kappa shape index (κ3) is 4.31. The molecule has 0 spiro atoms. The van der Waals surface area contributed by atoms with E-state index in [1.54, 1.807) is 11.3 Å². The van der Waals surface area contributed by atoms with Gasteiger partial charge in [-0.1, -0.05) is 40.5 Å². The van der Waals surface area contributed by atoms with Crippen LogP contribution in [0.1, 0.15) is 29.8 Å². The lowest BCUT2D eigenvalue weighted by Gasteiger charge is -2.19. The van der Waals surface area contributed by atoms with Crippen LogP contribution in [0.2, 0.25) is 5.02 Å². The molecule has 0 bridgehead atoms. The Morgan fingerprint density at radius 2 is 2.10 bits per heavy atom. The molecule has 1 aromatic heterocycles. The predicted octanol–water partition coefficient (Wildman–Crippen LogP) is 6.21. The van der Waals surface area contributed by atoms with Gasteiger partial charge in [-0.25, -0.2) is 0 Å². The average molecular weight is 438 g/mol. The summed E-state index contributed by atoms with van der Waals surface area (Å²) < 4.78 is 2.19. The molecule has 0 saturated heterocycles. The van der Waals surface area contributed by atoms with Crippen LogP contribution in [0.15, 0.2) is 38.6 Å². The molecule has 5 heteroatoms. The van der Waals surface area contributed by atoms with E-state index in [9.17, 15) is 0 Å². The zero-order chi connectivity index (χ0) is 14.5. The summed E-state index contributed by atoms with van der Waals surface area (Å²) in [4.78, 5) is 1.33. The van der Waals surface area contributed by atoms with Crippen LogP contribution in [0, 0.1) is 0 Å². The lowest BCUT2D eigenvalue weighted by molar-refractivity contribution is 0.535. The number of hydrogen-bond donors (Lipinski definition) is 1. The molecule has 0 saturated carbocycles. The highest BCUT2D eigenvalue weighted by Gasteiger charge is 2.17. The molecule has 1 atom stereocenters. The Kier molecular flexibility index (Phi) is 6.56. The number of thiophene rings is 1. The quantitative estimate of drug-likeness (QED) is 0.566. The molecule has 1 N–H and O–H groups in total. The van der Waals surface area contributed by atoms with Gasteiger partial charge in [0.1, 0.15) is 0 Å². The van der Waals surface area contributed by atoms with Crippen molar-refractivity contribution in [1.82, 2.24) is 5.32 Å². The maximum Gasteiger partial charge on any atom is 0.0467 e. The van der Waals surface area contributed by atoms with E-state index in [1.807, 2.05) is 12.1 Å². The zero-order valence-electron chi connectivity index (χ0n) is 11.1. The first-order valence-corrected chi connectivity index (χ1v) is 9.36. The minimum absolute atomic E-state index is 0.294. The molecule has 0 radical (unpaired) electrons. The fraction of sp³-hybridized carbons (Fsp3) is 0.333. The van der Waals surface area contributed by atoms with E-state index in [4.69, 9.17) is 11.6 Å². The van der Waals surface area contributed by atoms with Crippen LogP contribution < -0.4 is 5.32 Å². The van der Waals surface area contributed by atoms with Crippen molar-refractivity contribution in [2.45, 2.75) is 25.8 Å². The molecule has 0 fully saturated rings. The summed E-state index contributed by atoms with van der Waals surface area (Å²) in [7, 11) is 0. The third-order valence-corrected chi connectivity index (χ3v) is 5.87. The second-order valence-corrected chi connectivity index (χ2v) is 7.70. The molecule has 108 valence electrons. The van der Waals surface area contributed by atoms with E-state index in [-0.39, 0.29) is 0 Å². The van der Waals surface area contributed by atoms with Gasteiger partial charge in [0.05, 0.1) is 0 Å². The van der Waals surface area contributed by atoms with Crippen molar-refractivity contribution in [2.75, 3.05) is 6.54 Å². The van der Waals surface area contributed by atoms with E-state index >= 15 is 0 Å². The molecule has 1 nitrogen and oxygen atoms in total. The van der Waals surface area contributed by atoms with E-state index in [1.165, 1.54) is 14.9 Å². The fourth-order valence-electron chi connectivity index (χ4n) is 2.04. The van der Waals surface area contributed by atoms with Crippen LogP contribution >= 0.6 is 54.8 Å². The van der Waals surface area contributed by atoms with E-state index in [0.717, 1.165) is 28.9 Å². The maximum absolute atomic E-state index is 6.34. The molecule has 2 aromatic rings. The number of rotatable bonds is 6. The molecule has 1 unspecified atom stereocenters. The van der Waals surface area contributed by atoms with Gasteiger partial charge >= 0.3 is 0 Å². The molecule has 20 heavy (non-hydrogen) atoms. The van der Waals surface area contributed by atoms with Crippen LogP contribution in [0.25, 0.3) is 0 Å². The summed E-state index contributed by atoms with van der Waals surface area (Å²) in [5.41, 5.74) is 1.17. The van der Waals surface area contributed by atoms with Gasteiger partial charge in [0.2, 0.25) is 0 Å². The van der Waals surface area contributed by atoms with Crippen LogP contribution in [0.4, 0.5) is 0 Å². The summed E-state index contributed by atoms with van der Waals surface area (Å²) in [6.07, 6.45) is 2.01. The van der Waals surface area contributed by atoms with Gasteiger partial charge in [-0.2, -0.15) is 0 Å². The van der Waals surface area contributed by atoms with Gasteiger partial charge in [0, 0.05) is 24.9 Å². The Morgan fingerprint density at radius 3 is 2.70 bits per heavy atom. The molecule has 1 heterocycles. The molecular formula is C15H16Br2ClNS. The number of hydrogen-bond acceptors (Lipinski definition) is 2. The molecular weight excluding hydrogens is 422 g/mol. The van der Waals surface area contributed by atoms with Crippen molar-refractivity contribution in [3.8, 4) is 0 Å². The minimum Gasteiger partial charge on any atom is -0.309 e. The van der Waals surface area contributed by atoms with Crippen LogP contribution in [-0.4, -0.2) is 6.54 Å². The molecule has 0 aliphatic heterocycles. The smallest absolute Gasteiger partial charge is 0.0467 e.